The second-order valence-corrected chi connectivity index (χ2v) is 5.80. The van der Waals surface area contributed by atoms with Gasteiger partial charge in [0.15, 0.2) is 0 Å². The van der Waals surface area contributed by atoms with Gasteiger partial charge in [-0.3, -0.25) is 29.4 Å². The maximum absolute atomic E-state index is 15.8. The van der Waals surface area contributed by atoms with E-state index in [1.807, 2.05) is 0 Å². The molecule has 0 bridgehead atoms. The van der Waals surface area contributed by atoms with E-state index in [0.29, 0.717) is 0 Å². The molecule has 1 aromatic carbocycles. The zero-order valence-electron chi connectivity index (χ0n) is 14.6. The average molecular weight is 380 g/mol. The molecule has 0 N–H and O–H groups in total. The minimum atomic E-state index is -3.41. The van der Waals surface area contributed by atoms with Gasteiger partial charge in [-0.1, -0.05) is 0 Å². The van der Waals surface area contributed by atoms with Gasteiger partial charge in [0.1, 0.15) is 5.92 Å². The first-order valence-electron chi connectivity index (χ1n) is 8.18. The second-order valence-electron chi connectivity index (χ2n) is 5.80. The Hall–Kier alpha value is -3.17. The third-order valence-corrected chi connectivity index (χ3v) is 4.28. The Bertz CT molecular complexity index is 808. The maximum Gasteiger partial charge on any atom is 0.353 e. The molecule has 0 spiro atoms. The molecule has 2 amide bonds. The van der Waals surface area contributed by atoms with Crippen molar-refractivity contribution in [2.75, 3.05) is 13.2 Å². The molecule has 27 heavy (non-hydrogen) atoms. The van der Waals surface area contributed by atoms with Crippen molar-refractivity contribution in [2.24, 2.45) is 5.92 Å². The molecular formula is C17H17FN2O7. The standard InChI is InChI=1S/C17H17FN2O7/c1-3-19-13(21)9-12(15(19)23)17(18,16(24)27-4-2)14(22)10-5-7-11(8-6-10)20(25)26/h5-8,12H,3-4,9H2,1-2H3/t12-,17-/m0/s1. The Morgan fingerprint density at radius 3 is 2.33 bits per heavy atom. The predicted molar refractivity (Wildman–Crippen MR) is 88.4 cm³/mol. The molecule has 0 saturated carbocycles. The van der Waals surface area contributed by atoms with Gasteiger partial charge in [0, 0.05) is 30.7 Å². The number of Topliss-reactive ketones (excluding diaryl/α,β-unsaturated/α-hetero) is 1. The number of alkyl halides is 1. The van der Waals surface area contributed by atoms with Crippen molar-refractivity contribution in [3.05, 3.63) is 39.9 Å². The van der Waals surface area contributed by atoms with Crippen LogP contribution in [0.5, 0.6) is 0 Å². The molecule has 144 valence electrons. The summed E-state index contributed by atoms with van der Waals surface area (Å²) in [6, 6.07) is 3.90. The van der Waals surface area contributed by atoms with Gasteiger partial charge in [0.05, 0.1) is 11.5 Å². The largest absolute Gasteiger partial charge is 0.463 e. The molecule has 1 saturated heterocycles. The van der Waals surface area contributed by atoms with Crippen molar-refractivity contribution in [1.29, 1.82) is 0 Å². The minimum Gasteiger partial charge on any atom is -0.463 e. The van der Waals surface area contributed by atoms with Crippen LogP contribution in [-0.2, 0) is 19.1 Å². The molecule has 0 unspecified atom stereocenters. The molecule has 1 fully saturated rings. The molecule has 10 heteroatoms. The summed E-state index contributed by atoms with van der Waals surface area (Å²) in [6.45, 7) is 2.62. The molecule has 0 aromatic heterocycles. The van der Waals surface area contributed by atoms with Crippen LogP contribution in [0.15, 0.2) is 24.3 Å². The third kappa shape index (κ3) is 3.42. The Kier molecular flexibility index (Phi) is 5.67. The number of imide groups is 1. The van der Waals surface area contributed by atoms with E-state index in [1.54, 1.807) is 0 Å². The van der Waals surface area contributed by atoms with E-state index >= 15 is 4.39 Å². The van der Waals surface area contributed by atoms with Crippen molar-refractivity contribution < 1.29 is 33.2 Å². The van der Waals surface area contributed by atoms with Crippen LogP contribution in [0.2, 0.25) is 0 Å². The fourth-order valence-corrected chi connectivity index (χ4v) is 2.90. The number of carbonyl (C=O) groups excluding carboxylic acids is 4. The summed E-state index contributed by atoms with van der Waals surface area (Å²) in [6.07, 6.45) is -0.652. The van der Waals surface area contributed by atoms with E-state index in [1.165, 1.54) is 13.8 Å². The molecule has 9 nitrogen and oxygen atoms in total. The molecule has 2 atom stereocenters. The molecule has 1 heterocycles. The van der Waals surface area contributed by atoms with Gasteiger partial charge in [0.2, 0.25) is 17.6 Å². The normalized spacial score (nSPS) is 18.9. The van der Waals surface area contributed by atoms with E-state index < -0.39 is 46.5 Å². The second kappa shape index (κ2) is 7.60. The topological polar surface area (TPSA) is 124 Å². The number of hydrogen-bond donors (Lipinski definition) is 0. The maximum atomic E-state index is 15.8. The fraction of sp³-hybridized carbons (Fsp3) is 0.412. The van der Waals surface area contributed by atoms with E-state index in [0.717, 1.165) is 29.2 Å². The van der Waals surface area contributed by atoms with Gasteiger partial charge in [-0.2, -0.15) is 0 Å². The van der Waals surface area contributed by atoms with Crippen molar-refractivity contribution in [2.45, 2.75) is 25.9 Å². The average Bonchev–Trinajstić information content (AvgIpc) is 2.94. The molecule has 2 rings (SSSR count). The zero-order chi connectivity index (χ0) is 20.4. The number of benzene rings is 1. The van der Waals surface area contributed by atoms with Crippen molar-refractivity contribution >= 4 is 29.3 Å². The first kappa shape index (κ1) is 20.1. The monoisotopic (exact) mass is 380 g/mol. The summed E-state index contributed by atoms with van der Waals surface area (Å²) in [4.78, 5) is 60.2. The minimum absolute atomic E-state index is 0.0290. The van der Waals surface area contributed by atoms with Crippen LogP contribution < -0.4 is 0 Å². The van der Waals surface area contributed by atoms with Crippen LogP contribution in [-0.4, -0.2) is 52.2 Å². The number of nitro benzene ring substituents is 1. The highest BCUT2D eigenvalue weighted by atomic mass is 19.1. The number of non-ortho nitro benzene ring substituents is 1. The number of hydrogen-bond acceptors (Lipinski definition) is 7. The molecule has 1 aliphatic rings. The third-order valence-electron chi connectivity index (χ3n) is 4.28. The number of halogens is 1. The van der Waals surface area contributed by atoms with Crippen LogP contribution in [0, 0.1) is 16.0 Å². The van der Waals surface area contributed by atoms with Gasteiger partial charge < -0.3 is 4.74 Å². The van der Waals surface area contributed by atoms with Gasteiger partial charge >= 0.3 is 5.97 Å². The number of esters is 1. The predicted octanol–water partition coefficient (Wildman–Crippen LogP) is 1.44. The van der Waals surface area contributed by atoms with Crippen molar-refractivity contribution in [3.8, 4) is 0 Å². The summed E-state index contributed by atoms with van der Waals surface area (Å²) < 4.78 is 20.4. The Morgan fingerprint density at radius 2 is 1.89 bits per heavy atom. The Balaban J connectivity index is 2.49. The van der Waals surface area contributed by atoms with Crippen LogP contribution in [0.3, 0.4) is 0 Å². The molecule has 0 aliphatic carbocycles. The summed E-state index contributed by atoms with van der Waals surface area (Å²) >= 11 is 0. The van der Waals surface area contributed by atoms with Crippen LogP contribution in [0.1, 0.15) is 30.6 Å². The Morgan fingerprint density at radius 1 is 1.30 bits per heavy atom. The van der Waals surface area contributed by atoms with Gasteiger partial charge in [-0.15, -0.1) is 0 Å². The smallest absolute Gasteiger partial charge is 0.353 e. The number of ether oxygens (including phenoxy) is 1. The highest BCUT2D eigenvalue weighted by molar-refractivity contribution is 6.20. The quantitative estimate of drug-likeness (QED) is 0.175. The lowest BCUT2D eigenvalue weighted by Crippen LogP contribution is -2.52. The van der Waals surface area contributed by atoms with Crippen LogP contribution >= 0.6 is 0 Å². The van der Waals surface area contributed by atoms with E-state index in [9.17, 15) is 29.3 Å². The number of likely N-dealkylation sites (tertiary alicyclic amines) is 1. The summed E-state index contributed by atoms with van der Waals surface area (Å²) in [5, 5.41) is 10.7. The SMILES string of the molecule is CCOC(=O)[C@@](F)(C(=O)c1ccc([N+](=O)[O-])cc1)[C@H]1CC(=O)N(CC)C1=O. The summed E-state index contributed by atoms with van der Waals surface area (Å²) in [5.41, 5.74) is -4.11. The lowest BCUT2D eigenvalue weighted by atomic mass is 9.81. The highest BCUT2D eigenvalue weighted by Crippen LogP contribution is 2.37. The molecule has 1 aromatic rings. The first-order valence-corrected chi connectivity index (χ1v) is 8.18. The van der Waals surface area contributed by atoms with Crippen molar-refractivity contribution in [3.63, 3.8) is 0 Å². The number of ketones is 1. The van der Waals surface area contributed by atoms with Gasteiger partial charge in [0.25, 0.3) is 11.4 Å². The van der Waals surface area contributed by atoms with Gasteiger partial charge in [-0.05, 0) is 26.0 Å². The molecular weight excluding hydrogens is 363 g/mol. The molecule has 0 radical (unpaired) electrons. The van der Waals surface area contributed by atoms with Crippen LogP contribution in [0.4, 0.5) is 10.1 Å². The van der Waals surface area contributed by atoms with Gasteiger partial charge in [-0.25, -0.2) is 9.18 Å². The number of carbonyl (C=O) groups is 4. The van der Waals surface area contributed by atoms with E-state index in [4.69, 9.17) is 0 Å². The van der Waals surface area contributed by atoms with Crippen molar-refractivity contribution in [1.82, 2.24) is 4.90 Å². The number of nitrogens with zero attached hydrogens (tertiary/aromatic N) is 2. The zero-order valence-corrected chi connectivity index (χ0v) is 14.6. The van der Waals surface area contributed by atoms with E-state index in [-0.39, 0.29) is 24.4 Å². The first-order chi connectivity index (χ1) is 12.7. The highest BCUT2D eigenvalue weighted by Gasteiger charge is 2.61. The Labute approximate surface area is 153 Å². The molecule has 1 aliphatic heterocycles. The van der Waals surface area contributed by atoms with E-state index in [2.05, 4.69) is 4.74 Å². The summed E-state index contributed by atoms with van der Waals surface area (Å²) in [7, 11) is 0. The summed E-state index contributed by atoms with van der Waals surface area (Å²) in [5.74, 6) is -6.49. The lowest BCUT2D eigenvalue weighted by molar-refractivity contribution is -0.384. The number of amides is 2. The fourth-order valence-electron chi connectivity index (χ4n) is 2.90. The number of rotatable bonds is 7. The lowest BCUT2D eigenvalue weighted by Gasteiger charge is -2.26. The number of nitro groups is 1. The van der Waals surface area contributed by atoms with Crippen LogP contribution in [0.25, 0.3) is 0 Å².